The van der Waals surface area contributed by atoms with Crippen molar-refractivity contribution in [3.8, 4) is 0 Å². The van der Waals surface area contributed by atoms with Crippen molar-refractivity contribution in [3.05, 3.63) is 0 Å². The Bertz CT molecular complexity index is 258. The molecule has 0 aliphatic carbocycles. The van der Waals surface area contributed by atoms with Gasteiger partial charge in [0.2, 0.25) is 0 Å². The van der Waals surface area contributed by atoms with Gasteiger partial charge in [-0.2, -0.15) is 0 Å². The molecule has 0 radical (unpaired) electrons. The second kappa shape index (κ2) is 3.51. The monoisotopic (exact) mass is 233 g/mol. The zero-order chi connectivity index (χ0) is 9.60. The molecule has 0 unspecified atom stereocenters. The molecule has 0 amide bonds. The number of ether oxygens (including phenoxy) is 1. The van der Waals surface area contributed by atoms with Gasteiger partial charge in [-0.1, -0.05) is 0 Å². The van der Waals surface area contributed by atoms with Crippen LogP contribution in [0.15, 0.2) is 0 Å². The van der Waals surface area contributed by atoms with E-state index in [1.807, 2.05) is 0 Å². The molecule has 6 heteroatoms. The first-order valence-electron chi connectivity index (χ1n) is 5.26. The van der Waals surface area contributed by atoms with E-state index in [4.69, 9.17) is 16.5 Å². The van der Waals surface area contributed by atoms with Gasteiger partial charge in [0, 0.05) is 39.3 Å². The minimum atomic E-state index is -1.46. The fourth-order valence-electron chi connectivity index (χ4n) is 1.96. The lowest BCUT2D eigenvalue weighted by atomic mass is 10.5. The SMILES string of the molecule is S=P(N1CCOCC1)(N1CC1)N1CC1. The van der Waals surface area contributed by atoms with E-state index >= 15 is 0 Å². The Morgan fingerprint density at radius 1 is 0.786 bits per heavy atom. The fraction of sp³-hybridized carbons (Fsp3) is 1.00. The van der Waals surface area contributed by atoms with Crippen LogP contribution in [0.2, 0.25) is 0 Å². The maximum absolute atomic E-state index is 5.93. The van der Waals surface area contributed by atoms with Gasteiger partial charge in [-0.15, -0.1) is 0 Å². The largest absolute Gasteiger partial charge is 0.379 e. The highest BCUT2D eigenvalue weighted by molar-refractivity contribution is 8.11. The molecule has 3 aliphatic rings. The number of nitrogens with zero attached hydrogens (tertiary/aromatic N) is 3. The highest BCUT2D eigenvalue weighted by Crippen LogP contribution is 2.62. The Hall–Kier alpha value is 0.490. The zero-order valence-electron chi connectivity index (χ0n) is 8.26. The first kappa shape index (κ1) is 9.70. The van der Waals surface area contributed by atoms with E-state index in [0.29, 0.717) is 0 Å². The molecular weight excluding hydrogens is 217 g/mol. The van der Waals surface area contributed by atoms with Crippen LogP contribution in [0, 0.1) is 0 Å². The van der Waals surface area contributed by atoms with Crippen LogP contribution >= 0.6 is 6.49 Å². The summed E-state index contributed by atoms with van der Waals surface area (Å²) in [4.78, 5) is 0. The molecule has 3 rings (SSSR count). The Morgan fingerprint density at radius 3 is 1.64 bits per heavy atom. The molecular formula is C8H16N3OPS. The molecule has 4 nitrogen and oxygen atoms in total. The van der Waals surface area contributed by atoms with Crippen molar-refractivity contribution in [3.63, 3.8) is 0 Å². The van der Waals surface area contributed by atoms with Gasteiger partial charge in [-0.3, -0.25) is 0 Å². The van der Waals surface area contributed by atoms with Crippen LogP contribution in [0.4, 0.5) is 0 Å². The van der Waals surface area contributed by atoms with E-state index < -0.39 is 6.49 Å². The summed E-state index contributed by atoms with van der Waals surface area (Å²) in [5, 5.41) is 0. The summed E-state index contributed by atoms with van der Waals surface area (Å²) in [5.41, 5.74) is 0. The quantitative estimate of drug-likeness (QED) is 0.509. The van der Waals surface area contributed by atoms with Crippen molar-refractivity contribution in [1.29, 1.82) is 0 Å². The van der Waals surface area contributed by atoms with Crippen molar-refractivity contribution in [2.75, 3.05) is 52.5 Å². The van der Waals surface area contributed by atoms with Crippen LogP contribution in [-0.2, 0) is 16.5 Å². The molecule has 14 heavy (non-hydrogen) atoms. The zero-order valence-corrected chi connectivity index (χ0v) is 9.97. The Balaban J connectivity index is 1.79. The lowest BCUT2D eigenvalue weighted by Gasteiger charge is -2.38. The minimum Gasteiger partial charge on any atom is -0.379 e. The van der Waals surface area contributed by atoms with Crippen LogP contribution in [0.5, 0.6) is 0 Å². The third kappa shape index (κ3) is 1.56. The Kier molecular flexibility index (Phi) is 2.43. The van der Waals surface area contributed by atoms with Gasteiger partial charge in [0.25, 0.3) is 0 Å². The molecule has 0 bridgehead atoms. The van der Waals surface area contributed by atoms with Crippen molar-refractivity contribution >= 4 is 18.3 Å². The third-order valence-electron chi connectivity index (χ3n) is 2.94. The number of hydrogen-bond donors (Lipinski definition) is 0. The second-order valence-corrected chi connectivity index (χ2v) is 8.18. The molecule has 3 heterocycles. The van der Waals surface area contributed by atoms with Gasteiger partial charge in [-0.05, 0) is 11.8 Å². The van der Waals surface area contributed by atoms with E-state index in [9.17, 15) is 0 Å². The highest BCUT2D eigenvalue weighted by Gasteiger charge is 2.47. The molecule has 0 atom stereocenters. The van der Waals surface area contributed by atoms with Crippen molar-refractivity contribution in [1.82, 2.24) is 14.0 Å². The lowest BCUT2D eigenvalue weighted by molar-refractivity contribution is 0.0720. The van der Waals surface area contributed by atoms with Crippen molar-refractivity contribution in [2.24, 2.45) is 0 Å². The second-order valence-electron chi connectivity index (χ2n) is 3.99. The summed E-state index contributed by atoms with van der Waals surface area (Å²) in [5.74, 6) is 0. The topological polar surface area (TPSA) is 18.5 Å². The van der Waals surface area contributed by atoms with E-state index in [0.717, 1.165) is 26.3 Å². The van der Waals surface area contributed by atoms with E-state index in [2.05, 4.69) is 14.0 Å². The number of hydrogen-bond acceptors (Lipinski definition) is 2. The van der Waals surface area contributed by atoms with Crippen LogP contribution in [0.25, 0.3) is 0 Å². The maximum Gasteiger partial charge on any atom is 0.145 e. The summed E-state index contributed by atoms with van der Waals surface area (Å²) in [6.45, 7) is 7.18. The van der Waals surface area contributed by atoms with Crippen LogP contribution < -0.4 is 0 Å². The third-order valence-corrected chi connectivity index (χ3v) is 8.43. The fourth-order valence-corrected chi connectivity index (χ4v) is 6.41. The number of morpholine rings is 1. The summed E-state index contributed by atoms with van der Waals surface area (Å²) in [7, 11) is 0. The molecule has 80 valence electrons. The minimum absolute atomic E-state index is 0.861. The van der Waals surface area contributed by atoms with Crippen molar-refractivity contribution in [2.45, 2.75) is 0 Å². The first-order valence-corrected chi connectivity index (χ1v) is 7.92. The van der Waals surface area contributed by atoms with Crippen molar-refractivity contribution < 1.29 is 4.74 Å². The van der Waals surface area contributed by atoms with Crippen LogP contribution in [0.3, 0.4) is 0 Å². The summed E-state index contributed by atoms with van der Waals surface area (Å²) in [6.07, 6.45) is 0. The smallest absolute Gasteiger partial charge is 0.145 e. The summed E-state index contributed by atoms with van der Waals surface area (Å²) < 4.78 is 12.9. The van der Waals surface area contributed by atoms with Crippen LogP contribution in [0.1, 0.15) is 0 Å². The van der Waals surface area contributed by atoms with Gasteiger partial charge >= 0.3 is 0 Å². The summed E-state index contributed by atoms with van der Waals surface area (Å²) in [6, 6.07) is 0. The molecule has 0 aromatic rings. The molecule has 3 saturated heterocycles. The summed E-state index contributed by atoms with van der Waals surface area (Å²) >= 11 is 5.93. The lowest BCUT2D eigenvalue weighted by Crippen LogP contribution is -2.37. The average Bonchev–Trinajstić information content (AvgIpc) is 3.06. The van der Waals surface area contributed by atoms with Gasteiger partial charge < -0.3 is 4.74 Å². The molecule has 3 aliphatic heterocycles. The number of rotatable bonds is 3. The Morgan fingerprint density at radius 2 is 1.21 bits per heavy atom. The maximum atomic E-state index is 5.93. The standard InChI is InChI=1S/C8H16N3OPS/c14-13(9-1-2-9,10-3-4-10)11-5-7-12-8-6-11/h1-8H2. The van der Waals surface area contributed by atoms with E-state index in [-0.39, 0.29) is 0 Å². The average molecular weight is 233 g/mol. The molecule has 0 N–H and O–H groups in total. The molecule has 0 saturated carbocycles. The first-order chi connectivity index (χ1) is 6.82. The van der Waals surface area contributed by atoms with Gasteiger partial charge in [0.15, 0.2) is 0 Å². The Labute approximate surface area is 90.0 Å². The van der Waals surface area contributed by atoms with Gasteiger partial charge in [-0.25, -0.2) is 14.0 Å². The van der Waals surface area contributed by atoms with Crippen LogP contribution in [-0.4, -0.2) is 66.5 Å². The van der Waals surface area contributed by atoms with Gasteiger partial charge in [0.1, 0.15) is 6.49 Å². The normalized spacial score (nSPS) is 30.6. The molecule has 3 fully saturated rings. The highest BCUT2D eigenvalue weighted by atomic mass is 32.4. The van der Waals surface area contributed by atoms with E-state index in [1.54, 1.807) is 0 Å². The molecule has 0 aromatic heterocycles. The molecule has 0 aromatic carbocycles. The van der Waals surface area contributed by atoms with E-state index in [1.165, 1.54) is 26.2 Å². The predicted molar refractivity (Wildman–Crippen MR) is 59.8 cm³/mol. The van der Waals surface area contributed by atoms with Gasteiger partial charge in [0.05, 0.1) is 13.2 Å². The molecule has 0 spiro atoms. The predicted octanol–water partition coefficient (Wildman–Crippen LogP) is 0.174.